The van der Waals surface area contributed by atoms with Crippen molar-refractivity contribution in [3.05, 3.63) is 0 Å². The van der Waals surface area contributed by atoms with Gasteiger partial charge in [0, 0.05) is 39.1 Å². The second kappa shape index (κ2) is 13.1. The number of nitrogens with zero attached hydrogens (tertiary/aromatic N) is 1. The van der Waals surface area contributed by atoms with Crippen LogP contribution in [0.4, 0.5) is 0 Å². The van der Waals surface area contributed by atoms with Crippen molar-refractivity contribution in [1.82, 2.24) is 0 Å². The Balaban J connectivity index is 0. The molecule has 0 fully saturated rings. The van der Waals surface area contributed by atoms with Gasteiger partial charge in [-0.15, -0.1) is 14.5 Å². The van der Waals surface area contributed by atoms with E-state index in [-0.39, 0.29) is 25.3 Å². The minimum atomic E-state index is -0.500. The SMILES string of the molecule is C[N+](OCCCO)(OCCCO)OCCCO.[OH-]. The monoisotopic (exact) mass is 271 g/mol. The third-order valence-electron chi connectivity index (χ3n) is 1.88. The Morgan fingerprint density at radius 3 is 1.22 bits per heavy atom. The molecule has 0 rings (SSSR count). The van der Waals surface area contributed by atoms with E-state index < -0.39 is 4.97 Å². The van der Waals surface area contributed by atoms with Gasteiger partial charge in [0.25, 0.3) is 0 Å². The molecule has 18 heavy (non-hydrogen) atoms. The topological polar surface area (TPSA) is 118 Å². The first-order valence-electron chi connectivity index (χ1n) is 5.81. The van der Waals surface area contributed by atoms with Crippen molar-refractivity contribution < 1.29 is 40.3 Å². The standard InChI is InChI=1S/C10H24NO6.H2O/c1-11(15-8-2-5-12,16-9-3-6-13)17-10-4-7-14;/h12-14H,2-10H2,1H3;1H2/q+1;/p-1. The fourth-order valence-electron chi connectivity index (χ4n) is 0.997. The summed E-state index contributed by atoms with van der Waals surface area (Å²) < 4.78 is 0. The highest BCUT2D eigenvalue weighted by molar-refractivity contribution is 4.27. The van der Waals surface area contributed by atoms with Gasteiger partial charge in [0.15, 0.2) is 7.05 Å². The molecule has 8 heteroatoms. The zero-order chi connectivity index (χ0) is 13.0. The van der Waals surface area contributed by atoms with Crippen LogP contribution in [-0.2, 0) is 14.5 Å². The highest BCUT2D eigenvalue weighted by Crippen LogP contribution is 2.09. The highest BCUT2D eigenvalue weighted by atomic mass is 17.2. The number of hydroxylamine groups is 3. The molecule has 0 saturated carbocycles. The molecule has 0 atom stereocenters. The van der Waals surface area contributed by atoms with E-state index in [0.717, 1.165) is 0 Å². The van der Waals surface area contributed by atoms with Gasteiger partial charge in [0.2, 0.25) is 0 Å². The van der Waals surface area contributed by atoms with Gasteiger partial charge in [0.1, 0.15) is 19.8 Å². The fourth-order valence-corrected chi connectivity index (χ4v) is 0.997. The molecule has 0 aliphatic carbocycles. The molecular weight excluding hydrogens is 246 g/mol. The first kappa shape index (κ1) is 20.0. The summed E-state index contributed by atoms with van der Waals surface area (Å²) in [6, 6.07) is 0. The second-order valence-corrected chi connectivity index (χ2v) is 3.50. The van der Waals surface area contributed by atoms with Crippen LogP contribution in [-0.4, -0.2) is 72.5 Å². The van der Waals surface area contributed by atoms with Crippen molar-refractivity contribution in [3.63, 3.8) is 0 Å². The normalized spacial score (nSPS) is 11.3. The molecule has 0 aliphatic heterocycles. The van der Waals surface area contributed by atoms with Crippen LogP contribution in [0.2, 0.25) is 0 Å². The van der Waals surface area contributed by atoms with Crippen molar-refractivity contribution in [2.45, 2.75) is 19.3 Å². The van der Waals surface area contributed by atoms with Gasteiger partial charge in [-0.25, -0.2) is 0 Å². The molecule has 0 aromatic heterocycles. The van der Waals surface area contributed by atoms with Gasteiger partial charge in [-0.2, -0.15) is 0 Å². The summed E-state index contributed by atoms with van der Waals surface area (Å²) in [6.45, 7) is 0.996. The van der Waals surface area contributed by atoms with E-state index in [0.29, 0.717) is 39.1 Å². The predicted molar refractivity (Wildman–Crippen MR) is 61.1 cm³/mol. The Bertz CT molecular complexity index is 144. The third kappa shape index (κ3) is 10.8. The van der Waals surface area contributed by atoms with Crippen LogP contribution in [0, 0.1) is 0 Å². The molecule has 0 aromatic carbocycles. The van der Waals surface area contributed by atoms with Crippen LogP contribution in [0.1, 0.15) is 19.3 Å². The zero-order valence-corrected chi connectivity index (χ0v) is 10.8. The van der Waals surface area contributed by atoms with Crippen LogP contribution >= 0.6 is 0 Å². The Morgan fingerprint density at radius 1 is 0.722 bits per heavy atom. The van der Waals surface area contributed by atoms with E-state index in [1.165, 1.54) is 0 Å². The average molecular weight is 271 g/mol. The van der Waals surface area contributed by atoms with Gasteiger partial charge < -0.3 is 20.8 Å². The molecular formula is C10H25NO7. The van der Waals surface area contributed by atoms with Crippen molar-refractivity contribution in [3.8, 4) is 0 Å². The summed E-state index contributed by atoms with van der Waals surface area (Å²) in [7, 11) is 1.58. The Labute approximate surface area is 107 Å². The minimum absolute atomic E-state index is 0. The maximum atomic E-state index is 8.66. The highest BCUT2D eigenvalue weighted by Gasteiger charge is 2.28. The van der Waals surface area contributed by atoms with Crippen molar-refractivity contribution in [2.24, 2.45) is 0 Å². The first-order valence-corrected chi connectivity index (χ1v) is 5.81. The number of hydrogen-bond acceptors (Lipinski definition) is 7. The largest absolute Gasteiger partial charge is 0.870 e. The number of rotatable bonds is 12. The fraction of sp³-hybridized carbons (Fsp3) is 1.00. The summed E-state index contributed by atoms with van der Waals surface area (Å²) in [5.74, 6) is 0. The van der Waals surface area contributed by atoms with Crippen LogP contribution < -0.4 is 0 Å². The van der Waals surface area contributed by atoms with E-state index in [1.807, 2.05) is 0 Å². The lowest BCUT2D eigenvalue weighted by Gasteiger charge is -2.25. The molecule has 112 valence electrons. The van der Waals surface area contributed by atoms with Gasteiger partial charge >= 0.3 is 0 Å². The maximum absolute atomic E-state index is 8.66. The molecule has 0 saturated heterocycles. The summed E-state index contributed by atoms with van der Waals surface area (Å²) in [6.07, 6.45) is 1.46. The minimum Gasteiger partial charge on any atom is -0.870 e. The van der Waals surface area contributed by atoms with E-state index >= 15 is 0 Å². The van der Waals surface area contributed by atoms with Gasteiger partial charge in [-0.1, -0.05) is 0 Å². The number of hydrogen-bond donors (Lipinski definition) is 3. The van der Waals surface area contributed by atoms with Crippen molar-refractivity contribution >= 4 is 0 Å². The quantitative estimate of drug-likeness (QED) is 0.241. The lowest BCUT2D eigenvalue weighted by Crippen LogP contribution is -2.44. The molecule has 0 unspecified atom stereocenters. The van der Waals surface area contributed by atoms with E-state index in [9.17, 15) is 0 Å². The molecule has 8 nitrogen and oxygen atoms in total. The predicted octanol–water partition coefficient (Wildman–Crippen LogP) is -0.802. The first-order chi connectivity index (χ1) is 8.18. The summed E-state index contributed by atoms with van der Waals surface area (Å²) >= 11 is 0. The lowest BCUT2D eigenvalue weighted by atomic mass is 10.5. The molecule has 0 radical (unpaired) electrons. The molecule has 0 bridgehead atoms. The van der Waals surface area contributed by atoms with Crippen LogP contribution in [0.25, 0.3) is 0 Å². The van der Waals surface area contributed by atoms with Crippen molar-refractivity contribution in [2.75, 3.05) is 46.7 Å². The van der Waals surface area contributed by atoms with E-state index in [2.05, 4.69) is 0 Å². The lowest BCUT2D eigenvalue weighted by molar-refractivity contribution is -1.36. The van der Waals surface area contributed by atoms with Crippen LogP contribution in [0.5, 0.6) is 0 Å². The van der Waals surface area contributed by atoms with E-state index in [4.69, 9.17) is 29.8 Å². The number of aliphatic hydroxyl groups excluding tert-OH is 3. The van der Waals surface area contributed by atoms with Gasteiger partial charge in [-0.05, 0) is 0 Å². The smallest absolute Gasteiger partial charge is 0.168 e. The van der Waals surface area contributed by atoms with Gasteiger partial charge in [-0.3, -0.25) is 0 Å². The molecule has 4 N–H and O–H groups in total. The molecule has 0 aliphatic rings. The Morgan fingerprint density at radius 2 is 1.00 bits per heavy atom. The zero-order valence-electron chi connectivity index (χ0n) is 10.8. The Hall–Kier alpha value is -0.320. The van der Waals surface area contributed by atoms with Crippen LogP contribution in [0.3, 0.4) is 0 Å². The summed E-state index contributed by atoms with van der Waals surface area (Å²) in [4.78, 5) is 15.5. The molecule has 0 spiro atoms. The molecule has 0 amide bonds. The second-order valence-electron chi connectivity index (χ2n) is 3.50. The number of quaternary nitrogens is 1. The molecule has 0 heterocycles. The Kier molecular flexibility index (Phi) is 14.6. The average Bonchev–Trinajstić information content (AvgIpc) is 2.30. The summed E-state index contributed by atoms with van der Waals surface area (Å²) in [5.41, 5.74) is 0. The maximum Gasteiger partial charge on any atom is 0.168 e. The third-order valence-corrected chi connectivity index (χ3v) is 1.88. The van der Waals surface area contributed by atoms with E-state index in [1.54, 1.807) is 7.05 Å². The van der Waals surface area contributed by atoms with Crippen molar-refractivity contribution in [1.29, 1.82) is 0 Å². The van der Waals surface area contributed by atoms with Gasteiger partial charge in [0.05, 0.1) is 4.97 Å². The van der Waals surface area contributed by atoms with Crippen LogP contribution in [0.15, 0.2) is 0 Å². The number of aliphatic hydroxyl groups is 3. The summed E-state index contributed by atoms with van der Waals surface area (Å²) in [5, 5.41) is 26.0. The molecule has 0 aromatic rings.